The van der Waals surface area contributed by atoms with Crippen molar-refractivity contribution in [3.05, 3.63) is 99.7 Å². The maximum Gasteiger partial charge on any atom is 0.257 e. The quantitative estimate of drug-likeness (QED) is 0.705. The summed E-state index contributed by atoms with van der Waals surface area (Å²) >= 11 is 0. The zero-order valence-corrected chi connectivity index (χ0v) is 14.6. The summed E-state index contributed by atoms with van der Waals surface area (Å²) in [7, 11) is 0. The van der Waals surface area contributed by atoms with Crippen molar-refractivity contribution in [1.29, 1.82) is 0 Å². The number of aromatic nitrogens is 1. The van der Waals surface area contributed by atoms with E-state index in [0.29, 0.717) is 11.3 Å². The molecule has 0 aliphatic carbocycles. The topological polar surface area (TPSA) is 68.2 Å². The van der Waals surface area contributed by atoms with Crippen molar-refractivity contribution < 1.29 is 14.0 Å². The predicted molar refractivity (Wildman–Crippen MR) is 101 cm³/mol. The van der Waals surface area contributed by atoms with E-state index in [4.69, 9.17) is 0 Å². The molecule has 0 saturated carbocycles. The highest BCUT2D eigenvalue weighted by Gasteiger charge is 2.12. The molecular weight excluding hydrogens is 347 g/mol. The number of nitrogens with one attached hydrogen (secondary N) is 1. The summed E-state index contributed by atoms with van der Waals surface area (Å²) in [6.45, 7) is 1.64. The van der Waals surface area contributed by atoms with E-state index in [1.54, 1.807) is 36.4 Å². The van der Waals surface area contributed by atoms with Gasteiger partial charge in [0.05, 0.1) is 17.8 Å². The molecule has 6 heteroatoms. The Kier molecular flexibility index (Phi) is 5.26. The summed E-state index contributed by atoms with van der Waals surface area (Å²) in [4.78, 5) is 36.3. The van der Waals surface area contributed by atoms with Gasteiger partial charge in [0.25, 0.3) is 11.5 Å². The summed E-state index contributed by atoms with van der Waals surface area (Å²) in [6, 6.07) is 15.2. The zero-order chi connectivity index (χ0) is 19.4. The van der Waals surface area contributed by atoms with Crippen LogP contribution in [0.2, 0.25) is 0 Å². The molecule has 0 aliphatic heterocycles. The van der Waals surface area contributed by atoms with E-state index < -0.39 is 5.91 Å². The van der Waals surface area contributed by atoms with E-state index in [2.05, 4.69) is 5.32 Å². The van der Waals surface area contributed by atoms with Crippen LogP contribution < -0.4 is 10.9 Å². The van der Waals surface area contributed by atoms with Crippen LogP contribution in [0.4, 0.5) is 10.1 Å². The van der Waals surface area contributed by atoms with Crippen molar-refractivity contribution in [1.82, 2.24) is 4.57 Å². The Balaban J connectivity index is 1.85. The van der Waals surface area contributed by atoms with Crippen LogP contribution in [0.3, 0.4) is 0 Å². The maximum atomic E-state index is 13.0. The van der Waals surface area contributed by atoms with Gasteiger partial charge in [-0.3, -0.25) is 14.4 Å². The first-order valence-corrected chi connectivity index (χ1v) is 8.30. The third kappa shape index (κ3) is 4.36. The number of pyridine rings is 1. The average Bonchev–Trinajstić information content (AvgIpc) is 2.65. The molecule has 0 spiro atoms. The molecule has 0 unspecified atom stereocenters. The summed E-state index contributed by atoms with van der Waals surface area (Å²) in [5.41, 5.74) is 1.55. The molecule has 2 aromatic carbocycles. The highest BCUT2D eigenvalue weighted by atomic mass is 19.1. The lowest BCUT2D eigenvalue weighted by Gasteiger charge is -2.11. The number of hydrogen-bond donors (Lipinski definition) is 1. The van der Waals surface area contributed by atoms with Gasteiger partial charge < -0.3 is 9.88 Å². The number of nitrogens with zero attached hydrogens (tertiary/aromatic N) is 1. The predicted octanol–water partition coefficient (Wildman–Crippen LogP) is 3.49. The van der Waals surface area contributed by atoms with Crippen LogP contribution in [0.25, 0.3) is 0 Å². The van der Waals surface area contributed by atoms with Gasteiger partial charge >= 0.3 is 0 Å². The summed E-state index contributed by atoms with van der Waals surface area (Å²) < 4.78 is 14.4. The molecule has 0 bridgehead atoms. The van der Waals surface area contributed by atoms with Crippen LogP contribution in [0, 0.1) is 5.82 Å². The molecule has 0 atom stereocenters. The van der Waals surface area contributed by atoms with Gasteiger partial charge in [0.2, 0.25) is 0 Å². The van der Waals surface area contributed by atoms with Gasteiger partial charge in [-0.15, -0.1) is 0 Å². The van der Waals surface area contributed by atoms with Crippen LogP contribution in [-0.2, 0) is 6.54 Å². The molecule has 0 aliphatic rings. The van der Waals surface area contributed by atoms with Crippen molar-refractivity contribution in [2.45, 2.75) is 13.5 Å². The fourth-order valence-electron chi connectivity index (χ4n) is 2.67. The second-order valence-corrected chi connectivity index (χ2v) is 6.07. The van der Waals surface area contributed by atoms with Crippen molar-refractivity contribution in [2.75, 3.05) is 5.32 Å². The SMILES string of the molecule is CC(=O)c1ccccc1NC(=O)c1ccc(=O)n(Cc2ccc(F)cc2)c1. The van der Waals surface area contributed by atoms with E-state index in [9.17, 15) is 18.8 Å². The van der Waals surface area contributed by atoms with E-state index in [0.717, 1.165) is 5.56 Å². The second kappa shape index (κ2) is 7.78. The fraction of sp³-hybridized carbons (Fsp3) is 0.0952. The molecule has 1 aromatic heterocycles. The second-order valence-electron chi connectivity index (χ2n) is 6.07. The molecule has 1 heterocycles. The number of Topliss-reactive ketones (excluding diaryl/α,β-unsaturated/α-hetero) is 1. The summed E-state index contributed by atoms with van der Waals surface area (Å²) in [6.07, 6.45) is 1.44. The minimum absolute atomic E-state index is 0.160. The van der Waals surface area contributed by atoms with E-state index in [1.807, 2.05) is 0 Å². The van der Waals surface area contributed by atoms with Crippen molar-refractivity contribution >= 4 is 17.4 Å². The summed E-state index contributed by atoms with van der Waals surface area (Å²) in [5.74, 6) is -0.952. The minimum atomic E-state index is -0.434. The molecule has 0 saturated heterocycles. The van der Waals surface area contributed by atoms with E-state index in [-0.39, 0.29) is 29.3 Å². The number of carbonyl (C=O) groups excluding carboxylic acids is 2. The van der Waals surface area contributed by atoms with Gasteiger partial charge in [-0.2, -0.15) is 0 Å². The van der Waals surface area contributed by atoms with Crippen LogP contribution in [0.1, 0.15) is 33.2 Å². The Labute approximate surface area is 155 Å². The van der Waals surface area contributed by atoms with Crippen molar-refractivity contribution in [3.8, 4) is 0 Å². The molecule has 27 heavy (non-hydrogen) atoms. The largest absolute Gasteiger partial charge is 0.321 e. The molecule has 136 valence electrons. The molecule has 1 amide bonds. The van der Waals surface area contributed by atoms with Gasteiger partial charge in [-0.1, -0.05) is 24.3 Å². The lowest BCUT2D eigenvalue weighted by molar-refractivity contribution is 0.101. The molecule has 3 aromatic rings. The number of anilines is 1. The van der Waals surface area contributed by atoms with Gasteiger partial charge in [0.15, 0.2) is 5.78 Å². The Morgan fingerprint density at radius 2 is 1.70 bits per heavy atom. The lowest BCUT2D eigenvalue weighted by Crippen LogP contribution is -2.23. The number of hydrogen-bond acceptors (Lipinski definition) is 3. The van der Waals surface area contributed by atoms with E-state index >= 15 is 0 Å². The average molecular weight is 364 g/mol. The van der Waals surface area contributed by atoms with Crippen LogP contribution in [0.15, 0.2) is 71.7 Å². The van der Waals surface area contributed by atoms with E-state index in [1.165, 1.54) is 42.0 Å². The molecule has 3 rings (SSSR count). The van der Waals surface area contributed by atoms with Gasteiger partial charge in [-0.05, 0) is 42.8 Å². The first-order chi connectivity index (χ1) is 12.9. The monoisotopic (exact) mass is 364 g/mol. The summed E-state index contributed by atoms with van der Waals surface area (Å²) in [5, 5.41) is 2.70. The van der Waals surface area contributed by atoms with Crippen LogP contribution >= 0.6 is 0 Å². The van der Waals surface area contributed by atoms with Gasteiger partial charge in [0, 0.05) is 17.8 Å². The maximum absolute atomic E-state index is 13.0. The first-order valence-electron chi connectivity index (χ1n) is 8.30. The van der Waals surface area contributed by atoms with Crippen LogP contribution in [0.5, 0.6) is 0 Å². The third-order valence-corrected chi connectivity index (χ3v) is 4.07. The highest BCUT2D eigenvalue weighted by molar-refractivity contribution is 6.08. The highest BCUT2D eigenvalue weighted by Crippen LogP contribution is 2.16. The standard InChI is InChI=1S/C21H17FN2O3/c1-14(25)18-4-2-3-5-19(18)23-21(27)16-8-11-20(26)24(13-16)12-15-6-9-17(22)10-7-15/h2-11,13H,12H2,1H3,(H,23,27). The molecular formula is C21H17FN2O3. The van der Waals surface area contributed by atoms with Gasteiger partial charge in [0.1, 0.15) is 5.82 Å². The number of amides is 1. The minimum Gasteiger partial charge on any atom is -0.321 e. The van der Waals surface area contributed by atoms with Crippen LogP contribution in [-0.4, -0.2) is 16.3 Å². The lowest BCUT2D eigenvalue weighted by atomic mass is 10.1. The number of halogens is 1. The molecule has 1 N–H and O–H groups in total. The number of carbonyl (C=O) groups is 2. The number of ketones is 1. The van der Waals surface area contributed by atoms with Crippen molar-refractivity contribution in [3.63, 3.8) is 0 Å². The number of benzene rings is 2. The Morgan fingerprint density at radius 1 is 1.00 bits per heavy atom. The first kappa shape index (κ1) is 18.3. The molecule has 0 fully saturated rings. The van der Waals surface area contributed by atoms with Gasteiger partial charge in [-0.25, -0.2) is 4.39 Å². The Hall–Kier alpha value is -3.54. The fourth-order valence-corrected chi connectivity index (χ4v) is 2.67. The van der Waals surface area contributed by atoms with Crippen molar-refractivity contribution in [2.24, 2.45) is 0 Å². The molecule has 5 nitrogen and oxygen atoms in total. The Morgan fingerprint density at radius 3 is 2.41 bits per heavy atom. The third-order valence-electron chi connectivity index (χ3n) is 4.07. The number of para-hydroxylation sites is 1. The molecule has 0 radical (unpaired) electrons. The normalized spacial score (nSPS) is 10.4. The number of rotatable bonds is 5. The zero-order valence-electron chi connectivity index (χ0n) is 14.6. The smallest absolute Gasteiger partial charge is 0.257 e. The Bertz CT molecular complexity index is 1060.